The minimum Gasteiger partial charge on any atom is -0.497 e. The molecule has 4 saturated carbocycles. The zero-order chi connectivity index (χ0) is 18.3. The summed E-state index contributed by atoms with van der Waals surface area (Å²) in [7, 11) is 1.66. The van der Waals surface area contributed by atoms with Crippen molar-refractivity contribution in [2.24, 2.45) is 17.8 Å². The lowest BCUT2D eigenvalue weighted by Crippen LogP contribution is -2.80. The van der Waals surface area contributed by atoms with Crippen LogP contribution < -0.4 is 9.75 Å². The monoisotopic (exact) mass is 356 g/mol. The molecule has 1 aliphatic heterocycles. The molecule has 140 valence electrons. The third-order valence-corrected chi connectivity index (χ3v) is 7.27. The summed E-state index contributed by atoms with van der Waals surface area (Å²) < 4.78 is 5.28. The molecule has 2 atom stereocenters. The van der Waals surface area contributed by atoms with Crippen LogP contribution in [0.1, 0.15) is 46.0 Å². The summed E-state index contributed by atoms with van der Waals surface area (Å²) in [5, 5.41) is 15.1. The Balaban J connectivity index is 1.48. The molecular weight excluding hydrogens is 328 g/mol. The number of methoxy groups -OCH3 is 1. The molecule has 1 N–H and O–H groups in total. The topological polar surface area (TPSA) is 53.0 Å². The van der Waals surface area contributed by atoms with Crippen molar-refractivity contribution in [1.82, 2.24) is 5.01 Å². The van der Waals surface area contributed by atoms with Crippen LogP contribution in [-0.4, -0.2) is 40.3 Å². The molecule has 26 heavy (non-hydrogen) atoms. The van der Waals surface area contributed by atoms with Crippen LogP contribution in [0.2, 0.25) is 0 Å². The highest BCUT2D eigenvalue weighted by Crippen LogP contribution is 2.58. The first-order valence-corrected chi connectivity index (χ1v) is 9.83. The highest BCUT2D eigenvalue weighted by atomic mass is 16.5. The van der Waals surface area contributed by atoms with Gasteiger partial charge >= 0.3 is 0 Å². The Morgan fingerprint density at radius 2 is 1.69 bits per heavy atom. The van der Waals surface area contributed by atoms with E-state index in [0.29, 0.717) is 17.8 Å². The number of carbonyl (C=O) groups excluding carboxylic acids is 1. The van der Waals surface area contributed by atoms with Crippen LogP contribution in [0.3, 0.4) is 0 Å². The summed E-state index contributed by atoms with van der Waals surface area (Å²) in [6.45, 7) is 4.00. The molecule has 2 unspecified atom stereocenters. The third kappa shape index (κ3) is 2.10. The first kappa shape index (κ1) is 16.4. The molecule has 5 aliphatic rings. The van der Waals surface area contributed by atoms with Gasteiger partial charge in [-0.15, -0.1) is 0 Å². The number of aliphatic hydroxyl groups is 1. The van der Waals surface area contributed by atoms with Crippen LogP contribution in [0.15, 0.2) is 24.3 Å². The summed E-state index contributed by atoms with van der Waals surface area (Å²) in [5.74, 6) is 2.52. The van der Waals surface area contributed by atoms with Crippen LogP contribution in [-0.2, 0) is 4.79 Å². The van der Waals surface area contributed by atoms with Gasteiger partial charge in [0.15, 0.2) is 0 Å². The molecule has 0 spiro atoms. The van der Waals surface area contributed by atoms with E-state index in [9.17, 15) is 9.90 Å². The summed E-state index contributed by atoms with van der Waals surface area (Å²) >= 11 is 0. The number of hydrogen-bond acceptors (Lipinski definition) is 4. The number of amides is 1. The molecule has 0 radical (unpaired) electrons. The minimum atomic E-state index is -0.528. The van der Waals surface area contributed by atoms with Crippen molar-refractivity contribution in [2.45, 2.75) is 63.1 Å². The summed E-state index contributed by atoms with van der Waals surface area (Å²) in [6.07, 6.45) is 4.99. The Morgan fingerprint density at radius 3 is 2.23 bits per heavy atom. The first-order valence-electron chi connectivity index (χ1n) is 9.83. The van der Waals surface area contributed by atoms with E-state index >= 15 is 0 Å². The van der Waals surface area contributed by atoms with Crippen LogP contribution in [0.25, 0.3) is 0 Å². The zero-order valence-corrected chi connectivity index (χ0v) is 15.8. The van der Waals surface area contributed by atoms with E-state index in [1.165, 1.54) is 0 Å². The summed E-state index contributed by atoms with van der Waals surface area (Å²) in [4.78, 5) is 13.1. The van der Waals surface area contributed by atoms with Crippen molar-refractivity contribution < 1.29 is 14.6 Å². The number of nitrogens with zero attached hydrogens (tertiary/aromatic N) is 2. The lowest BCUT2D eigenvalue weighted by Gasteiger charge is -2.67. The molecule has 5 nitrogen and oxygen atoms in total. The van der Waals surface area contributed by atoms with Crippen molar-refractivity contribution in [3.8, 4) is 5.75 Å². The molecule has 1 saturated heterocycles. The molecule has 1 aromatic rings. The third-order valence-electron chi connectivity index (χ3n) is 7.27. The van der Waals surface area contributed by atoms with Gasteiger partial charge in [0.25, 0.3) is 5.91 Å². The smallest absolute Gasteiger partial charge is 0.268 e. The van der Waals surface area contributed by atoms with Crippen LogP contribution in [0.4, 0.5) is 5.69 Å². The maximum atomic E-state index is 13.1. The summed E-state index contributed by atoms with van der Waals surface area (Å²) in [5.41, 5.74) is 0.0320. The molecule has 5 heteroatoms. The molecule has 4 aliphatic carbocycles. The van der Waals surface area contributed by atoms with Gasteiger partial charge in [-0.3, -0.25) is 9.80 Å². The number of carbonyl (C=O) groups is 1. The molecule has 4 bridgehead atoms. The van der Waals surface area contributed by atoms with E-state index in [2.05, 4.69) is 5.01 Å². The lowest BCUT2D eigenvalue weighted by atomic mass is 9.52. The Kier molecular flexibility index (Phi) is 3.26. The van der Waals surface area contributed by atoms with Gasteiger partial charge in [-0.05, 0) is 88.0 Å². The normalized spacial score (nSPS) is 39.9. The molecule has 1 amide bonds. The number of rotatable bonds is 3. The van der Waals surface area contributed by atoms with Gasteiger partial charge in [0.05, 0.1) is 24.4 Å². The Bertz CT molecular complexity index is 728. The first-order chi connectivity index (χ1) is 12.3. The van der Waals surface area contributed by atoms with E-state index in [1.807, 2.05) is 43.1 Å². The highest BCUT2D eigenvalue weighted by Gasteiger charge is 2.63. The van der Waals surface area contributed by atoms with E-state index in [0.717, 1.165) is 43.5 Å². The van der Waals surface area contributed by atoms with Gasteiger partial charge in [0.1, 0.15) is 11.3 Å². The van der Waals surface area contributed by atoms with E-state index in [4.69, 9.17) is 4.74 Å². The fourth-order valence-corrected chi connectivity index (χ4v) is 6.48. The maximum absolute atomic E-state index is 13.1. The van der Waals surface area contributed by atoms with Crippen molar-refractivity contribution in [3.63, 3.8) is 0 Å². The molecule has 1 aromatic carbocycles. The molecule has 5 fully saturated rings. The highest BCUT2D eigenvalue weighted by molar-refractivity contribution is 5.98. The van der Waals surface area contributed by atoms with Gasteiger partial charge in [-0.25, -0.2) is 5.01 Å². The van der Waals surface area contributed by atoms with Crippen LogP contribution in [0.5, 0.6) is 5.75 Å². The van der Waals surface area contributed by atoms with Crippen LogP contribution >= 0.6 is 0 Å². The maximum Gasteiger partial charge on any atom is 0.268 e. The largest absolute Gasteiger partial charge is 0.497 e. The number of hydrogen-bond donors (Lipinski definition) is 1. The Labute approximate surface area is 154 Å². The summed E-state index contributed by atoms with van der Waals surface area (Å²) in [6, 6.07) is 8.19. The number of anilines is 1. The SMILES string of the molecule is COc1ccc(N2N([C@H]3C4CC5CC3C[C@](O)(C5)C4)C(=O)C2(C)C)cc1. The van der Waals surface area contributed by atoms with Gasteiger partial charge in [-0.2, -0.15) is 0 Å². The Morgan fingerprint density at radius 1 is 1.08 bits per heavy atom. The fraction of sp³-hybridized carbons (Fsp3) is 0.667. The van der Waals surface area contributed by atoms with Crippen LogP contribution in [0, 0.1) is 17.8 Å². The van der Waals surface area contributed by atoms with E-state index < -0.39 is 11.1 Å². The average Bonchev–Trinajstić information content (AvgIpc) is 2.59. The molecule has 0 aromatic heterocycles. The fourth-order valence-electron chi connectivity index (χ4n) is 6.48. The standard InChI is InChI=1S/C21H28N2O3/c1-20(2)19(24)22(23(20)16-4-6-17(26-3)7-5-16)18-14-8-13-9-15(18)12-21(25,10-13)11-14/h4-7,13-15,18,25H,8-12H2,1-3H3/t13?,14?,15?,18-,21-. The average molecular weight is 356 g/mol. The second-order valence-corrected chi connectivity index (χ2v) is 9.40. The molecule has 1 heterocycles. The number of hydrazine groups is 1. The van der Waals surface area contributed by atoms with Crippen molar-refractivity contribution in [1.29, 1.82) is 0 Å². The number of benzene rings is 1. The zero-order valence-electron chi connectivity index (χ0n) is 15.8. The second kappa shape index (κ2) is 5.16. The van der Waals surface area contributed by atoms with Gasteiger partial charge in [0, 0.05) is 0 Å². The Hall–Kier alpha value is -1.75. The van der Waals surface area contributed by atoms with Crippen molar-refractivity contribution >= 4 is 11.6 Å². The second-order valence-electron chi connectivity index (χ2n) is 9.40. The van der Waals surface area contributed by atoms with Gasteiger partial charge in [-0.1, -0.05) is 0 Å². The minimum absolute atomic E-state index is 0.206. The number of ether oxygens (including phenoxy) is 1. The molecular formula is C21H28N2O3. The van der Waals surface area contributed by atoms with Crippen molar-refractivity contribution in [3.05, 3.63) is 24.3 Å². The predicted octanol–water partition coefficient (Wildman–Crippen LogP) is 2.98. The van der Waals surface area contributed by atoms with Crippen molar-refractivity contribution in [2.75, 3.05) is 12.1 Å². The van der Waals surface area contributed by atoms with Gasteiger partial charge < -0.3 is 9.84 Å². The van der Waals surface area contributed by atoms with Gasteiger partial charge in [0.2, 0.25) is 0 Å². The lowest BCUT2D eigenvalue weighted by molar-refractivity contribution is -0.190. The van der Waals surface area contributed by atoms with E-state index in [1.54, 1.807) is 7.11 Å². The quantitative estimate of drug-likeness (QED) is 0.905. The molecule has 6 rings (SSSR count). The predicted molar refractivity (Wildman–Crippen MR) is 98.7 cm³/mol. The van der Waals surface area contributed by atoms with E-state index in [-0.39, 0.29) is 11.9 Å².